The first-order valence-corrected chi connectivity index (χ1v) is 5.71. The molecule has 0 bridgehead atoms. The Morgan fingerprint density at radius 3 is 2.88 bits per heavy atom. The minimum absolute atomic E-state index is 0.341. The maximum absolute atomic E-state index is 11.6. The first-order valence-electron chi connectivity index (χ1n) is 4.83. The average molecular weight is 239 g/mol. The molecule has 0 aromatic carbocycles. The van der Waals surface area contributed by atoms with Gasteiger partial charge in [0.05, 0.1) is 4.88 Å². The van der Waals surface area contributed by atoms with E-state index in [1.807, 2.05) is 0 Å². The van der Waals surface area contributed by atoms with E-state index >= 15 is 0 Å². The molecule has 1 atom stereocenters. The molecule has 1 rings (SSSR count). The number of thiophene rings is 1. The van der Waals surface area contributed by atoms with Gasteiger partial charge in [0.15, 0.2) is 0 Å². The maximum Gasteiger partial charge on any atom is 0.326 e. The van der Waals surface area contributed by atoms with Gasteiger partial charge in [0.2, 0.25) is 0 Å². The van der Waals surface area contributed by atoms with E-state index in [1.165, 1.54) is 11.3 Å². The number of rotatable bonds is 6. The number of carbonyl (C=O) groups is 2. The van der Waals surface area contributed by atoms with Crippen LogP contribution in [-0.2, 0) is 4.79 Å². The van der Waals surface area contributed by atoms with E-state index < -0.39 is 12.0 Å². The molecular weight excluding hydrogens is 226 g/mol. The van der Waals surface area contributed by atoms with Crippen LogP contribution in [0, 0.1) is 0 Å². The van der Waals surface area contributed by atoms with Crippen molar-refractivity contribution in [3.8, 4) is 0 Å². The molecule has 0 aliphatic carbocycles. The lowest BCUT2D eigenvalue weighted by Crippen LogP contribution is -2.40. The molecule has 0 aliphatic rings. The van der Waals surface area contributed by atoms with Gasteiger partial charge < -0.3 is 10.4 Å². The predicted molar refractivity (Wildman–Crippen MR) is 62.6 cm³/mol. The predicted octanol–water partition coefficient (Wildman–Crippen LogP) is 1.90. The molecule has 0 fully saturated rings. The van der Waals surface area contributed by atoms with E-state index in [-0.39, 0.29) is 5.91 Å². The summed E-state index contributed by atoms with van der Waals surface area (Å²) in [6.45, 7) is 3.52. The molecular formula is C11H13NO3S. The minimum Gasteiger partial charge on any atom is -0.480 e. The van der Waals surface area contributed by atoms with E-state index in [0.29, 0.717) is 17.7 Å². The van der Waals surface area contributed by atoms with E-state index in [1.54, 1.807) is 23.6 Å². The second kappa shape index (κ2) is 6.07. The summed E-state index contributed by atoms with van der Waals surface area (Å²) in [5.74, 6) is -1.36. The molecule has 1 heterocycles. The first-order chi connectivity index (χ1) is 7.65. The van der Waals surface area contributed by atoms with Crippen molar-refractivity contribution in [3.63, 3.8) is 0 Å². The topological polar surface area (TPSA) is 66.4 Å². The molecule has 0 saturated carbocycles. The van der Waals surface area contributed by atoms with Crippen LogP contribution in [0.3, 0.4) is 0 Å². The molecule has 0 saturated heterocycles. The number of carbonyl (C=O) groups excluding carboxylic acids is 1. The summed E-state index contributed by atoms with van der Waals surface area (Å²) in [6.07, 6.45) is 2.55. The summed E-state index contributed by atoms with van der Waals surface area (Å²) < 4.78 is 0. The van der Waals surface area contributed by atoms with Crippen LogP contribution in [0.5, 0.6) is 0 Å². The number of allylic oxidation sites excluding steroid dienone is 1. The molecule has 16 heavy (non-hydrogen) atoms. The van der Waals surface area contributed by atoms with Gasteiger partial charge in [0.25, 0.3) is 5.91 Å². The zero-order valence-corrected chi connectivity index (χ0v) is 9.50. The van der Waals surface area contributed by atoms with Crippen molar-refractivity contribution in [2.24, 2.45) is 0 Å². The second-order valence-electron chi connectivity index (χ2n) is 3.21. The van der Waals surface area contributed by atoms with Crippen LogP contribution in [0.25, 0.3) is 0 Å². The van der Waals surface area contributed by atoms with Crippen LogP contribution in [-0.4, -0.2) is 23.0 Å². The summed E-state index contributed by atoms with van der Waals surface area (Å²) in [4.78, 5) is 23.0. The highest BCUT2D eigenvalue weighted by atomic mass is 32.1. The van der Waals surface area contributed by atoms with Crippen LogP contribution in [0.2, 0.25) is 0 Å². The molecule has 5 heteroatoms. The lowest BCUT2D eigenvalue weighted by atomic mass is 10.1. The maximum atomic E-state index is 11.6. The van der Waals surface area contributed by atoms with Gasteiger partial charge in [-0.3, -0.25) is 4.79 Å². The van der Waals surface area contributed by atoms with Crippen molar-refractivity contribution in [2.75, 3.05) is 0 Å². The number of aliphatic carboxylic acids is 1. The molecule has 0 radical (unpaired) electrons. The number of hydrogen-bond donors (Lipinski definition) is 2. The molecule has 0 aliphatic heterocycles. The summed E-state index contributed by atoms with van der Waals surface area (Å²) in [5, 5.41) is 13.2. The number of nitrogens with one attached hydrogen (secondary N) is 1. The molecule has 0 spiro atoms. The van der Waals surface area contributed by atoms with Gasteiger partial charge in [-0.1, -0.05) is 12.1 Å². The number of hydrogen-bond acceptors (Lipinski definition) is 3. The van der Waals surface area contributed by atoms with E-state index in [4.69, 9.17) is 5.11 Å². The van der Waals surface area contributed by atoms with E-state index in [2.05, 4.69) is 11.9 Å². The Balaban J connectivity index is 2.58. The normalized spacial score (nSPS) is 11.8. The van der Waals surface area contributed by atoms with Gasteiger partial charge >= 0.3 is 5.97 Å². The number of carboxylic acids is 1. The molecule has 4 nitrogen and oxygen atoms in total. The zero-order valence-electron chi connectivity index (χ0n) is 8.68. The summed E-state index contributed by atoms with van der Waals surface area (Å²) >= 11 is 1.28. The summed E-state index contributed by atoms with van der Waals surface area (Å²) in [5.41, 5.74) is 0. The van der Waals surface area contributed by atoms with Gasteiger partial charge in [-0.15, -0.1) is 17.9 Å². The smallest absolute Gasteiger partial charge is 0.326 e. The minimum atomic E-state index is -1.02. The van der Waals surface area contributed by atoms with Gasteiger partial charge in [-0.2, -0.15) is 0 Å². The van der Waals surface area contributed by atoms with Gasteiger partial charge in [-0.25, -0.2) is 4.79 Å². The van der Waals surface area contributed by atoms with Gasteiger partial charge in [0.1, 0.15) is 6.04 Å². The van der Waals surface area contributed by atoms with Crippen molar-refractivity contribution < 1.29 is 14.7 Å². The first kappa shape index (κ1) is 12.4. The second-order valence-corrected chi connectivity index (χ2v) is 4.16. The van der Waals surface area contributed by atoms with Gasteiger partial charge in [-0.05, 0) is 24.3 Å². The fourth-order valence-electron chi connectivity index (χ4n) is 1.18. The Bertz CT molecular complexity index is 373. The van der Waals surface area contributed by atoms with Crippen molar-refractivity contribution in [1.29, 1.82) is 0 Å². The zero-order chi connectivity index (χ0) is 12.0. The highest BCUT2D eigenvalue weighted by molar-refractivity contribution is 7.12. The molecule has 1 amide bonds. The fourth-order valence-corrected chi connectivity index (χ4v) is 1.81. The third kappa shape index (κ3) is 3.51. The highest BCUT2D eigenvalue weighted by Crippen LogP contribution is 2.09. The van der Waals surface area contributed by atoms with Crippen molar-refractivity contribution in [3.05, 3.63) is 35.0 Å². The Kier molecular flexibility index (Phi) is 4.72. The van der Waals surface area contributed by atoms with Gasteiger partial charge in [0, 0.05) is 0 Å². The quantitative estimate of drug-likeness (QED) is 0.745. The molecule has 2 N–H and O–H groups in total. The van der Waals surface area contributed by atoms with Crippen LogP contribution in [0.15, 0.2) is 30.2 Å². The summed E-state index contributed by atoms with van der Waals surface area (Å²) in [6, 6.07) is 2.55. The van der Waals surface area contributed by atoms with Crippen molar-refractivity contribution in [1.82, 2.24) is 5.32 Å². The molecule has 1 aromatic heterocycles. The monoisotopic (exact) mass is 239 g/mol. The Hall–Kier alpha value is -1.62. The molecule has 86 valence electrons. The average Bonchev–Trinajstić information content (AvgIpc) is 2.76. The third-order valence-corrected chi connectivity index (χ3v) is 2.88. The molecule has 1 aromatic rings. The lowest BCUT2D eigenvalue weighted by Gasteiger charge is -2.12. The van der Waals surface area contributed by atoms with Crippen LogP contribution >= 0.6 is 11.3 Å². The van der Waals surface area contributed by atoms with Crippen molar-refractivity contribution >= 4 is 23.2 Å². The Morgan fingerprint density at radius 1 is 1.62 bits per heavy atom. The SMILES string of the molecule is C=CCCC(NC(=O)c1cccs1)C(=O)O. The third-order valence-electron chi connectivity index (χ3n) is 2.01. The fraction of sp³-hybridized carbons (Fsp3) is 0.273. The standard InChI is InChI=1S/C11H13NO3S/c1-2-3-5-8(11(14)15)12-10(13)9-6-4-7-16-9/h2,4,6-8H,1,3,5H2,(H,12,13)(H,14,15). The van der Waals surface area contributed by atoms with E-state index in [9.17, 15) is 9.59 Å². The Labute approximate surface area is 97.6 Å². The van der Waals surface area contributed by atoms with Crippen LogP contribution in [0.4, 0.5) is 0 Å². The van der Waals surface area contributed by atoms with Crippen LogP contribution < -0.4 is 5.32 Å². The lowest BCUT2D eigenvalue weighted by molar-refractivity contribution is -0.139. The van der Waals surface area contributed by atoms with Crippen LogP contribution in [0.1, 0.15) is 22.5 Å². The Morgan fingerprint density at radius 2 is 2.38 bits per heavy atom. The number of amides is 1. The highest BCUT2D eigenvalue weighted by Gasteiger charge is 2.19. The largest absolute Gasteiger partial charge is 0.480 e. The van der Waals surface area contributed by atoms with Crippen molar-refractivity contribution in [2.45, 2.75) is 18.9 Å². The number of carboxylic acid groups (broad SMARTS) is 1. The molecule has 1 unspecified atom stereocenters. The van der Waals surface area contributed by atoms with E-state index in [0.717, 1.165) is 0 Å². The summed E-state index contributed by atoms with van der Waals surface area (Å²) in [7, 11) is 0.